The smallest absolute Gasteiger partial charge is 0.226 e. The van der Waals surface area contributed by atoms with Gasteiger partial charge >= 0.3 is 0 Å². The van der Waals surface area contributed by atoms with Gasteiger partial charge in [-0.2, -0.15) is 0 Å². The lowest BCUT2D eigenvalue weighted by molar-refractivity contribution is -0.134. The maximum Gasteiger partial charge on any atom is 0.226 e. The number of hydrogen-bond donors (Lipinski definition) is 0. The van der Waals surface area contributed by atoms with Crippen LogP contribution in [0.4, 0.5) is 0 Å². The van der Waals surface area contributed by atoms with Crippen LogP contribution in [0, 0.1) is 11.8 Å². The number of carbonyl (C=O) groups excluding carboxylic acids is 1. The minimum Gasteiger partial charge on any atom is -0.339 e. The molecule has 2 nitrogen and oxygen atoms in total. The summed E-state index contributed by atoms with van der Waals surface area (Å²) in [4.78, 5) is 15.2. The summed E-state index contributed by atoms with van der Waals surface area (Å²) < 4.78 is 0. The second-order valence-electron chi connectivity index (χ2n) is 8.11. The second kappa shape index (κ2) is 7.65. The van der Waals surface area contributed by atoms with E-state index in [0.717, 1.165) is 19.4 Å². The lowest BCUT2D eigenvalue weighted by Gasteiger charge is -2.36. The van der Waals surface area contributed by atoms with Gasteiger partial charge in [0.05, 0.1) is 0 Å². The van der Waals surface area contributed by atoms with E-state index < -0.39 is 0 Å². The van der Waals surface area contributed by atoms with Crippen LogP contribution >= 0.6 is 0 Å². The quantitative estimate of drug-likeness (QED) is 0.732. The molecule has 1 saturated carbocycles. The van der Waals surface area contributed by atoms with E-state index in [1.807, 2.05) is 6.07 Å². The van der Waals surface area contributed by atoms with Crippen molar-refractivity contribution < 1.29 is 4.79 Å². The van der Waals surface area contributed by atoms with Crippen LogP contribution in [0.2, 0.25) is 0 Å². The monoisotopic (exact) mass is 347 g/mol. The van der Waals surface area contributed by atoms with Gasteiger partial charge in [0.1, 0.15) is 0 Å². The maximum absolute atomic E-state index is 13.0. The summed E-state index contributed by atoms with van der Waals surface area (Å²) in [6.07, 6.45) is 6.99. The molecular formula is C24H29NO. The Morgan fingerprint density at radius 1 is 0.885 bits per heavy atom. The van der Waals surface area contributed by atoms with E-state index in [-0.39, 0.29) is 5.92 Å². The highest BCUT2D eigenvalue weighted by atomic mass is 16.2. The van der Waals surface area contributed by atoms with Crippen molar-refractivity contribution >= 4 is 5.91 Å². The van der Waals surface area contributed by atoms with Crippen LogP contribution in [0.1, 0.15) is 44.6 Å². The van der Waals surface area contributed by atoms with Crippen molar-refractivity contribution in [2.75, 3.05) is 6.54 Å². The largest absolute Gasteiger partial charge is 0.339 e. The molecule has 3 unspecified atom stereocenters. The van der Waals surface area contributed by atoms with Gasteiger partial charge in [0.25, 0.3) is 0 Å². The molecule has 0 spiro atoms. The van der Waals surface area contributed by atoms with Gasteiger partial charge in [0.2, 0.25) is 5.91 Å². The van der Waals surface area contributed by atoms with E-state index >= 15 is 0 Å². The number of carbonyl (C=O) groups is 1. The molecule has 136 valence electrons. The van der Waals surface area contributed by atoms with E-state index in [1.165, 1.54) is 42.4 Å². The lowest BCUT2D eigenvalue weighted by atomic mass is 9.85. The van der Waals surface area contributed by atoms with Crippen LogP contribution in [0.5, 0.6) is 0 Å². The van der Waals surface area contributed by atoms with E-state index in [0.29, 0.717) is 17.9 Å². The zero-order valence-corrected chi connectivity index (χ0v) is 15.7. The fourth-order valence-electron chi connectivity index (χ4n) is 4.79. The zero-order chi connectivity index (χ0) is 17.9. The van der Waals surface area contributed by atoms with Gasteiger partial charge in [-0.3, -0.25) is 4.79 Å². The normalized spacial score (nSPS) is 26.3. The molecule has 1 aliphatic carbocycles. The Morgan fingerprint density at radius 3 is 2.31 bits per heavy atom. The van der Waals surface area contributed by atoms with Crippen LogP contribution in [0.25, 0.3) is 11.1 Å². The molecule has 0 radical (unpaired) electrons. The molecule has 1 amide bonds. The van der Waals surface area contributed by atoms with Gasteiger partial charge in [0, 0.05) is 18.5 Å². The molecule has 0 aromatic heterocycles. The fraction of sp³-hybridized carbons (Fsp3) is 0.458. The average Bonchev–Trinajstić information content (AvgIpc) is 3.04. The Labute approximate surface area is 157 Å². The van der Waals surface area contributed by atoms with Crippen LogP contribution < -0.4 is 0 Å². The molecule has 2 aliphatic rings. The van der Waals surface area contributed by atoms with Crippen LogP contribution in [-0.4, -0.2) is 23.4 Å². The first-order valence-corrected chi connectivity index (χ1v) is 10.2. The number of hydrogen-bond acceptors (Lipinski definition) is 1. The van der Waals surface area contributed by atoms with Crippen LogP contribution in [0.3, 0.4) is 0 Å². The third-order valence-electron chi connectivity index (χ3n) is 6.36. The number of rotatable bonds is 4. The molecule has 2 aromatic rings. The summed E-state index contributed by atoms with van der Waals surface area (Å²) in [6.45, 7) is 3.29. The molecule has 2 fully saturated rings. The van der Waals surface area contributed by atoms with Gasteiger partial charge in [-0.15, -0.1) is 0 Å². The average molecular weight is 348 g/mol. The van der Waals surface area contributed by atoms with Crippen molar-refractivity contribution in [3.63, 3.8) is 0 Å². The predicted molar refractivity (Wildman–Crippen MR) is 107 cm³/mol. The molecule has 1 aliphatic heterocycles. The van der Waals surface area contributed by atoms with E-state index in [1.54, 1.807) is 0 Å². The van der Waals surface area contributed by atoms with Gasteiger partial charge in [-0.05, 0) is 48.3 Å². The van der Waals surface area contributed by atoms with Crippen molar-refractivity contribution in [1.82, 2.24) is 4.90 Å². The number of benzene rings is 2. The molecule has 2 heteroatoms. The molecule has 2 aromatic carbocycles. The predicted octanol–water partition coefficient (Wildman–Crippen LogP) is 5.32. The van der Waals surface area contributed by atoms with Gasteiger partial charge in [0.15, 0.2) is 0 Å². The third kappa shape index (κ3) is 3.56. The SMILES string of the molecule is CC1CCCCC1N1CCC(Cc2ccc(-c3ccccc3)cc2)C1=O. The first-order valence-electron chi connectivity index (χ1n) is 10.2. The Kier molecular flexibility index (Phi) is 5.10. The minimum atomic E-state index is 0.173. The van der Waals surface area contributed by atoms with Crippen LogP contribution in [0.15, 0.2) is 54.6 Å². The highest BCUT2D eigenvalue weighted by Crippen LogP contribution is 2.33. The minimum absolute atomic E-state index is 0.173. The maximum atomic E-state index is 13.0. The summed E-state index contributed by atoms with van der Waals surface area (Å²) in [6, 6.07) is 19.7. The van der Waals surface area contributed by atoms with Crippen molar-refractivity contribution in [3.8, 4) is 11.1 Å². The molecule has 1 saturated heterocycles. The Hall–Kier alpha value is -2.09. The second-order valence-corrected chi connectivity index (χ2v) is 8.11. The highest BCUT2D eigenvalue weighted by molar-refractivity contribution is 5.81. The highest BCUT2D eigenvalue weighted by Gasteiger charge is 2.38. The summed E-state index contributed by atoms with van der Waals surface area (Å²) in [7, 11) is 0. The molecule has 26 heavy (non-hydrogen) atoms. The Morgan fingerprint density at radius 2 is 1.58 bits per heavy atom. The molecule has 0 N–H and O–H groups in total. The summed E-state index contributed by atoms with van der Waals surface area (Å²) >= 11 is 0. The number of amides is 1. The topological polar surface area (TPSA) is 20.3 Å². The summed E-state index contributed by atoms with van der Waals surface area (Å²) in [5.74, 6) is 1.24. The Bertz CT molecular complexity index is 737. The van der Waals surface area contributed by atoms with Crippen molar-refractivity contribution in [3.05, 3.63) is 60.2 Å². The Balaban J connectivity index is 1.41. The van der Waals surface area contributed by atoms with E-state index in [9.17, 15) is 4.79 Å². The summed E-state index contributed by atoms with van der Waals surface area (Å²) in [5.41, 5.74) is 3.76. The van der Waals surface area contributed by atoms with Gasteiger partial charge in [-0.25, -0.2) is 0 Å². The first-order chi connectivity index (χ1) is 12.7. The number of likely N-dealkylation sites (tertiary alicyclic amines) is 1. The first kappa shape index (κ1) is 17.3. The summed E-state index contributed by atoms with van der Waals surface area (Å²) in [5, 5.41) is 0. The molecule has 0 bridgehead atoms. The molecular weight excluding hydrogens is 318 g/mol. The molecule has 3 atom stereocenters. The van der Waals surface area contributed by atoms with Gasteiger partial charge in [-0.1, -0.05) is 74.4 Å². The number of nitrogens with zero attached hydrogens (tertiary/aromatic N) is 1. The standard InChI is InChI=1S/C24H29NO/c1-18-7-5-6-10-23(18)25-16-15-22(24(25)26)17-19-11-13-21(14-12-19)20-8-3-2-4-9-20/h2-4,8-9,11-14,18,22-23H,5-7,10,15-17H2,1H3. The third-order valence-corrected chi connectivity index (χ3v) is 6.36. The van der Waals surface area contributed by atoms with E-state index in [4.69, 9.17) is 0 Å². The van der Waals surface area contributed by atoms with Gasteiger partial charge < -0.3 is 4.90 Å². The van der Waals surface area contributed by atoms with Crippen molar-refractivity contribution in [1.29, 1.82) is 0 Å². The lowest BCUT2D eigenvalue weighted by Crippen LogP contribution is -2.43. The van der Waals surface area contributed by atoms with Crippen molar-refractivity contribution in [2.45, 2.75) is 51.5 Å². The van der Waals surface area contributed by atoms with E-state index in [2.05, 4.69) is 60.4 Å². The zero-order valence-electron chi connectivity index (χ0n) is 15.7. The fourth-order valence-corrected chi connectivity index (χ4v) is 4.79. The molecule has 4 rings (SSSR count). The molecule has 1 heterocycles. The van der Waals surface area contributed by atoms with Crippen molar-refractivity contribution in [2.24, 2.45) is 11.8 Å². The van der Waals surface area contributed by atoms with Crippen LogP contribution in [-0.2, 0) is 11.2 Å².